The van der Waals surface area contributed by atoms with Crippen molar-refractivity contribution in [3.8, 4) is 0 Å². The molecular weight excluding hydrogens is 304 g/mol. The number of piperidine rings is 1. The van der Waals surface area contributed by atoms with Gasteiger partial charge in [-0.1, -0.05) is 50.8 Å². The Kier molecular flexibility index (Phi) is 6.95. The summed E-state index contributed by atoms with van der Waals surface area (Å²) in [7, 11) is 0. The van der Waals surface area contributed by atoms with Crippen molar-refractivity contribution in [2.75, 3.05) is 12.3 Å². The Morgan fingerprint density at radius 2 is 1.68 bits per heavy atom. The lowest BCUT2D eigenvalue weighted by atomic mass is 9.94. The summed E-state index contributed by atoms with van der Waals surface area (Å²) in [5.41, 5.74) is 0. The first-order chi connectivity index (χ1) is 10.6. The molecule has 2 rings (SSSR count). The first-order valence-corrected chi connectivity index (χ1v) is 9.24. The molecule has 0 bridgehead atoms. The summed E-state index contributed by atoms with van der Waals surface area (Å²) >= 11 is 1.46. The van der Waals surface area contributed by atoms with Crippen molar-refractivity contribution in [2.24, 2.45) is 4.99 Å². The lowest BCUT2D eigenvalue weighted by Crippen LogP contribution is -2.65. The molecule has 0 saturated carbocycles. The van der Waals surface area contributed by atoms with Gasteiger partial charge in [0.05, 0.1) is 6.04 Å². The van der Waals surface area contributed by atoms with Crippen LogP contribution in [0.1, 0.15) is 45.4 Å². The van der Waals surface area contributed by atoms with Crippen LogP contribution in [0.4, 0.5) is 0 Å². The van der Waals surface area contributed by atoms with E-state index in [-0.39, 0.29) is 6.04 Å². The van der Waals surface area contributed by atoms with Gasteiger partial charge in [-0.25, -0.2) is 0 Å². The fraction of sp³-hybridized carbons (Fsp3) is 0.933. The first-order valence-electron chi connectivity index (χ1n) is 8.25. The van der Waals surface area contributed by atoms with Crippen molar-refractivity contribution >= 4 is 16.9 Å². The zero-order valence-corrected chi connectivity index (χ0v) is 14.0. The number of amidine groups is 1. The van der Waals surface area contributed by atoms with Gasteiger partial charge in [0.1, 0.15) is 18.3 Å². The number of rotatable bonds is 7. The Morgan fingerprint density at radius 1 is 1.00 bits per heavy atom. The van der Waals surface area contributed by atoms with Crippen LogP contribution in [-0.4, -0.2) is 73.4 Å². The van der Waals surface area contributed by atoms with E-state index in [1.807, 2.05) is 0 Å². The molecule has 0 aromatic rings. The standard InChI is InChI=1S/C15H28N2O4S/c1-2-3-4-5-6-7-8-16-15-17-10(9-22-15)11(18)12(19)13(20)14(17)21/h10-14,18-21H,2-9H2,1H3/t10-,11+,12+,13-,14-/m1/s1. The maximum atomic E-state index is 10.1. The predicted octanol–water partition coefficient (Wildman–Crippen LogP) is 0.535. The molecule has 22 heavy (non-hydrogen) atoms. The Bertz CT molecular complexity index is 383. The van der Waals surface area contributed by atoms with Crippen LogP contribution in [0.3, 0.4) is 0 Å². The summed E-state index contributed by atoms with van der Waals surface area (Å²) in [6.07, 6.45) is 2.23. The zero-order chi connectivity index (χ0) is 16.1. The average molecular weight is 332 g/mol. The predicted molar refractivity (Wildman–Crippen MR) is 87.8 cm³/mol. The fourth-order valence-corrected chi connectivity index (χ4v) is 4.25. The van der Waals surface area contributed by atoms with Gasteiger partial charge in [0.15, 0.2) is 11.4 Å². The van der Waals surface area contributed by atoms with Gasteiger partial charge in [-0.2, -0.15) is 0 Å². The van der Waals surface area contributed by atoms with Crippen molar-refractivity contribution < 1.29 is 20.4 Å². The Hall–Kier alpha value is -0.340. The zero-order valence-electron chi connectivity index (χ0n) is 13.1. The number of fused-ring (bicyclic) bond motifs is 1. The molecule has 0 aromatic heterocycles. The number of hydrogen-bond acceptors (Lipinski definition) is 6. The third-order valence-corrected chi connectivity index (χ3v) is 5.51. The molecule has 7 heteroatoms. The lowest BCUT2D eigenvalue weighted by molar-refractivity contribution is -0.190. The summed E-state index contributed by atoms with van der Waals surface area (Å²) in [6, 6.07) is -0.387. The first kappa shape index (κ1) is 18.0. The molecule has 2 saturated heterocycles. The van der Waals surface area contributed by atoms with Crippen LogP contribution in [0.5, 0.6) is 0 Å². The van der Waals surface area contributed by atoms with E-state index in [2.05, 4.69) is 11.9 Å². The molecule has 2 aliphatic rings. The van der Waals surface area contributed by atoms with E-state index in [4.69, 9.17) is 0 Å². The summed E-state index contributed by atoms with van der Waals surface area (Å²) in [4.78, 5) is 6.07. The molecule has 0 aromatic carbocycles. The topological polar surface area (TPSA) is 96.5 Å². The number of aliphatic imine (C=N–C) groups is 1. The van der Waals surface area contributed by atoms with Gasteiger partial charge in [-0.05, 0) is 6.42 Å². The molecule has 0 aliphatic carbocycles. The van der Waals surface area contributed by atoms with Crippen molar-refractivity contribution in [3.05, 3.63) is 0 Å². The molecule has 0 spiro atoms. The Balaban J connectivity index is 1.84. The van der Waals surface area contributed by atoms with Crippen LogP contribution < -0.4 is 0 Å². The second-order valence-electron chi connectivity index (χ2n) is 6.10. The third kappa shape index (κ3) is 3.94. The van der Waals surface area contributed by atoms with Gasteiger partial charge in [-0.3, -0.25) is 4.99 Å². The number of thioether (sulfide) groups is 1. The monoisotopic (exact) mass is 332 g/mol. The molecule has 128 valence electrons. The van der Waals surface area contributed by atoms with Crippen LogP contribution in [0, 0.1) is 0 Å². The molecule has 0 unspecified atom stereocenters. The molecular formula is C15H28N2O4S. The number of aliphatic hydroxyl groups excluding tert-OH is 4. The van der Waals surface area contributed by atoms with Gasteiger partial charge >= 0.3 is 0 Å². The second kappa shape index (κ2) is 8.49. The Labute approximate surface area is 136 Å². The highest BCUT2D eigenvalue weighted by Gasteiger charge is 2.51. The van der Waals surface area contributed by atoms with E-state index >= 15 is 0 Å². The highest BCUT2D eigenvalue weighted by molar-refractivity contribution is 8.14. The van der Waals surface area contributed by atoms with Gasteiger partial charge in [0.2, 0.25) is 0 Å². The fourth-order valence-electron chi connectivity index (χ4n) is 2.99. The van der Waals surface area contributed by atoms with Crippen molar-refractivity contribution in [1.82, 2.24) is 4.90 Å². The number of unbranched alkanes of at least 4 members (excludes halogenated alkanes) is 5. The van der Waals surface area contributed by atoms with Crippen molar-refractivity contribution in [2.45, 2.75) is 76.0 Å². The van der Waals surface area contributed by atoms with Crippen LogP contribution in [0.15, 0.2) is 4.99 Å². The second-order valence-corrected chi connectivity index (χ2v) is 7.09. The van der Waals surface area contributed by atoms with E-state index in [9.17, 15) is 20.4 Å². The van der Waals surface area contributed by atoms with Gasteiger partial charge in [0, 0.05) is 12.3 Å². The largest absolute Gasteiger partial charge is 0.388 e. The van der Waals surface area contributed by atoms with E-state index in [0.717, 1.165) is 12.8 Å². The van der Waals surface area contributed by atoms with Crippen molar-refractivity contribution in [3.63, 3.8) is 0 Å². The summed E-state index contributed by atoms with van der Waals surface area (Å²) < 4.78 is 0. The molecule has 5 atom stereocenters. The lowest BCUT2D eigenvalue weighted by Gasteiger charge is -2.44. The molecule has 6 nitrogen and oxygen atoms in total. The van der Waals surface area contributed by atoms with Crippen molar-refractivity contribution in [1.29, 1.82) is 0 Å². The molecule has 2 fully saturated rings. The number of hydrogen-bond donors (Lipinski definition) is 4. The van der Waals surface area contributed by atoms with E-state index in [1.54, 1.807) is 4.90 Å². The smallest absolute Gasteiger partial charge is 0.161 e. The minimum absolute atomic E-state index is 0.387. The van der Waals surface area contributed by atoms with Crippen LogP contribution >= 0.6 is 11.8 Å². The number of nitrogens with zero attached hydrogens (tertiary/aromatic N) is 2. The molecule has 0 radical (unpaired) electrons. The SMILES string of the molecule is CCCCCCCCN=C1SC[C@@H]2[C@H](O)[C@H](O)[C@@H](O)[C@@H](O)N12. The van der Waals surface area contributed by atoms with Crippen LogP contribution in [0.2, 0.25) is 0 Å². The highest BCUT2D eigenvalue weighted by atomic mass is 32.2. The van der Waals surface area contributed by atoms with Crippen LogP contribution in [0.25, 0.3) is 0 Å². The summed E-state index contributed by atoms with van der Waals surface area (Å²) in [5, 5.41) is 40.3. The minimum Gasteiger partial charge on any atom is -0.388 e. The summed E-state index contributed by atoms with van der Waals surface area (Å²) in [6.45, 7) is 2.89. The summed E-state index contributed by atoms with van der Waals surface area (Å²) in [5.74, 6) is 0.567. The average Bonchev–Trinajstić information content (AvgIpc) is 2.94. The number of aliphatic hydroxyl groups is 4. The van der Waals surface area contributed by atoms with Crippen LogP contribution in [-0.2, 0) is 0 Å². The van der Waals surface area contributed by atoms with E-state index in [0.29, 0.717) is 17.5 Å². The molecule has 0 amide bonds. The molecule has 4 N–H and O–H groups in total. The highest BCUT2D eigenvalue weighted by Crippen LogP contribution is 2.34. The maximum Gasteiger partial charge on any atom is 0.161 e. The minimum atomic E-state index is -1.37. The van der Waals surface area contributed by atoms with Gasteiger partial charge < -0.3 is 25.3 Å². The molecule has 2 aliphatic heterocycles. The third-order valence-electron chi connectivity index (χ3n) is 4.40. The molecule has 2 heterocycles. The van der Waals surface area contributed by atoms with E-state index < -0.39 is 24.5 Å². The van der Waals surface area contributed by atoms with Gasteiger partial charge in [0.25, 0.3) is 0 Å². The quantitative estimate of drug-likeness (QED) is 0.508. The Morgan fingerprint density at radius 3 is 2.41 bits per heavy atom. The van der Waals surface area contributed by atoms with E-state index in [1.165, 1.54) is 37.4 Å². The maximum absolute atomic E-state index is 10.1. The van der Waals surface area contributed by atoms with Gasteiger partial charge in [-0.15, -0.1) is 0 Å². The normalized spacial score (nSPS) is 36.9.